The second kappa shape index (κ2) is 33.2. The number of carbonyl (C=O) groups is 4. The second-order valence-corrected chi connectivity index (χ2v) is 23.7. The third-order valence-corrected chi connectivity index (χ3v) is 16.4. The number of halogens is 4. The molecular formula is C76H48B5CuF4N8O12-8. The molecule has 0 aliphatic rings. The molecule has 0 bridgehead atoms. The van der Waals surface area contributed by atoms with Crippen molar-refractivity contribution in [1.29, 1.82) is 0 Å². The third-order valence-electron chi connectivity index (χ3n) is 16.4. The van der Waals surface area contributed by atoms with Gasteiger partial charge in [0.1, 0.15) is 0 Å². The number of carbonyl (C=O) groups excluding carboxylic acids is 4. The van der Waals surface area contributed by atoms with Crippen LogP contribution in [-0.2, 0) is 17.1 Å². The maximum absolute atomic E-state index is 13.1. The molecule has 526 valence electrons. The normalized spacial score (nSPS) is 10.9. The average Bonchev–Trinajstić information content (AvgIpc) is 0.772. The minimum Gasteiger partial charge on any atom is -0.889 e. The number of amides is 4. The van der Waals surface area contributed by atoms with Crippen molar-refractivity contribution >= 4 is 148 Å². The Bertz CT molecular complexity index is 4980. The van der Waals surface area contributed by atoms with Crippen LogP contribution in [0.25, 0.3) is 88.6 Å². The Kier molecular flexibility index (Phi) is 23.5. The van der Waals surface area contributed by atoms with Gasteiger partial charge in [0.15, 0.2) is 0 Å². The fraction of sp³-hybridized carbons (Fsp3) is 0. The molecule has 0 saturated heterocycles. The molecule has 0 fully saturated rings. The van der Waals surface area contributed by atoms with E-state index in [0.29, 0.717) is 112 Å². The van der Waals surface area contributed by atoms with E-state index in [0.717, 1.165) is 21.5 Å². The fourth-order valence-corrected chi connectivity index (χ4v) is 11.3. The number of pyridine rings is 4. The molecule has 0 radical (unpaired) electrons. The molecule has 20 nitrogen and oxygen atoms in total. The van der Waals surface area contributed by atoms with E-state index in [1.54, 1.807) is 121 Å². The molecule has 4 N–H and O–H groups in total. The van der Waals surface area contributed by atoms with Gasteiger partial charge in [0.05, 0.1) is 44.8 Å². The topological polar surface area (TPSA) is 352 Å². The molecule has 0 aliphatic heterocycles. The van der Waals surface area contributed by atoms with Gasteiger partial charge in [-0.2, -0.15) is 0 Å². The summed E-state index contributed by atoms with van der Waals surface area (Å²) in [5.74, 6) is -1.62. The minimum atomic E-state index is -6.00. The summed E-state index contributed by atoms with van der Waals surface area (Å²) in [6, 6.07) is 74.8. The second-order valence-electron chi connectivity index (χ2n) is 23.7. The molecule has 106 heavy (non-hydrogen) atoms. The van der Waals surface area contributed by atoms with Crippen molar-refractivity contribution < 1.29 is 93.7 Å². The Labute approximate surface area is 613 Å². The number of anilines is 4. The van der Waals surface area contributed by atoms with Gasteiger partial charge >= 0.3 is 24.3 Å². The molecule has 14 aromatic rings. The summed E-state index contributed by atoms with van der Waals surface area (Å²) in [6.07, 6.45) is 0. The Morgan fingerprint density at radius 3 is 0.660 bits per heavy atom. The molecule has 30 heteroatoms. The maximum atomic E-state index is 13.1. The average molecular weight is 1460 g/mol. The quantitative estimate of drug-likeness (QED) is 0.0598. The molecule has 4 aromatic heterocycles. The van der Waals surface area contributed by atoms with E-state index in [-0.39, 0.29) is 38.9 Å². The van der Waals surface area contributed by atoms with Crippen LogP contribution in [0.4, 0.5) is 40.0 Å². The van der Waals surface area contributed by atoms with E-state index in [2.05, 4.69) is 21.3 Å². The number of hydrogen-bond donors (Lipinski definition) is 4. The van der Waals surface area contributed by atoms with E-state index in [1.807, 2.05) is 97.1 Å². The van der Waals surface area contributed by atoms with E-state index in [4.69, 9.17) is 19.9 Å². The van der Waals surface area contributed by atoms with Crippen LogP contribution >= 0.6 is 0 Å². The van der Waals surface area contributed by atoms with Crippen LogP contribution in [0, 0.1) is 0 Å². The van der Waals surface area contributed by atoms with Gasteiger partial charge in [0.2, 0.25) is 0 Å². The predicted molar refractivity (Wildman–Crippen MR) is 385 cm³/mol. The van der Waals surface area contributed by atoms with Crippen molar-refractivity contribution in [3.05, 3.63) is 289 Å². The van der Waals surface area contributed by atoms with Crippen molar-refractivity contribution in [2.75, 3.05) is 21.3 Å². The maximum Gasteiger partial charge on any atom is 1.00 e. The van der Waals surface area contributed by atoms with Gasteiger partial charge in [-0.3, -0.25) is 19.2 Å². The Morgan fingerprint density at radius 1 is 0.274 bits per heavy atom. The van der Waals surface area contributed by atoms with Crippen LogP contribution in [0.15, 0.2) is 267 Å². The summed E-state index contributed by atoms with van der Waals surface area (Å²) in [6.45, 7) is 0. The standard InChI is InChI=1S/2C38H24B2N4O6.BF4.Cu/c2*45-37(41-31-11-3-9-29(21-31)39(47)48)27-7-1-5-25(19-27)33-17-15-23-13-14-24-16-18-34(44-36(24)35(23)43-33)26-6-2-8-28(20-26)38(46)42-32-12-4-10-30(22-32)40(49)50;2-1(3,4)5;/h2*1-22H,(H,41,45)(H,42,46);;/q2*-4;-1;+1. The molecule has 0 atom stereocenters. The number of benzene rings is 10. The molecule has 10 aromatic carbocycles. The van der Waals surface area contributed by atoms with Gasteiger partial charge in [-0.25, -0.2) is 19.9 Å². The zero-order valence-electron chi connectivity index (χ0n) is 54.8. The summed E-state index contributed by atoms with van der Waals surface area (Å²) >= 11 is 0. The van der Waals surface area contributed by atoms with Gasteiger partial charge in [-0.1, -0.05) is 174 Å². The third kappa shape index (κ3) is 18.7. The first-order chi connectivity index (χ1) is 50.4. The smallest absolute Gasteiger partial charge is 0.889 e. The van der Waals surface area contributed by atoms with Crippen molar-refractivity contribution in [3.8, 4) is 45.0 Å². The van der Waals surface area contributed by atoms with Crippen LogP contribution in [-0.4, -0.2) is 79.3 Å². The van der Waals surface area contributed by atoms with Gasteiger partial charge in [0.25, 0.3) is 23.6 Å². The molecule has 14 rings (SSSR count). The summed E-state index contributed by atoms with van der Waals surface area (Å²) in [5, 5.41) is 105. The molecule has 4 amide bonds. The number of rotatable bonds is 16. The summed E-state index contributed by atoms with van der Waals surface area (Å²) in [4.78, 5) is 72.2. The van der Waals surface area contributed by atoms with Gasteiger partial charge in [-0.15, -0.1) is 21.9 Å². The van der Waals surface area contributed by atoms with E-state index < -0.39 is 59.4 Å². The first-order valence-corrected chi connectivity index (χ1v) is 32.1. The Hall–Kier alpha value is -12.0. The number of fused-ring (bicyclic) bond motifs is 6. The zero-order valence-corrected chi connectivity index (χ0v) is 55.7. The first kappa shape index (κ1) is 75.1. The summed E-state index contributed by atoms with van der Waals surface area (Å²) in [5.41, 5.74) is 10.9. The van der Waals surface area contributed by atoms with E-state index >= 15 is 0 Å². The molecule has 0 spiro atoms. The fourth-order valence-electron chi connectivity index (χ4n) is 11.3. The number of aromatic nitrogens is 4. The predicted octanol–water partition coefficient (Wildman–Crippen LogP) is 4.20. The van der Waals surface area contributed by atoms with Gasteiger partial charge in [0, 0.05) is 88.8 Å². The molecule has 0 aliphatic carbocycles. The van der Waals surface area contributed by atoms with E-state index in [1.165, 1.54) is 48.5 Å². The van der Waals surface area contributed by atoms with Crippen molar-refractivity contribution in [1.82, 2.24) is 19.9 Å². The molecular weight excluding hydrogens is 1410 g/mol. The van der Waals surface area contributed by atoms with Gasteiger partial charge < -0.3 is 78.7 Å². The van der Waals surface area contributed by atoms with Crippen LogP contribution in [0.2, 0.25) is 0 Å². The summed E-state index contributed by atoms with van der Waals surface area (Å²) < 4.78 is 39.0. The first-order valence-electron chi connectivity index (χ1n) is 32.1. The van der Waals surface area contributed by atoms with Gasteiger partial charge in [-0.05, 0) is 121 Å². The summed E-state index contributed by atoms with van der Waals surface area (Å²) in [7, 11) is -14.6. The minimum absolute atomic E-state index is 0. The zero-order chi connectivity index (χ0) is 74.1. The van der Waals surface area contributed by atoms with E-state index in [9.17, 15) is 76.6 Å². The molecule has 4 heterocycles. The Morgan fingerprint density at radius 2 is 0.462 bits per heavy atom. The number of nitrogens with one attached hydrogen (secondary N) is 4. The number of nitrogens with zero attached hydrogens (tertiary/aromatic N) is 4. The monoisotopic (exact) mass is 1460 g/mol. The van der Waals surface area contributed by atoms with Crippen molar-refractivity contribution in [2.24, 2.45) is 0 Å². The van der Waals surface area contributed by atoms with Crippen LogP contribution in [0.1, 0.15) is 41.4 Å². The SMILES string of the molecule is F[B-](F)(F)F.O=C(Nc1cccc(B([O-])[O-])c1)c1cccc(-c2ccc3ccc4ccc(-c5cccc(C(=O)Nc6cccc(B([O-])[O-])c6)c5)nc4c3n2)c1.O=C(Nc1cccc(B([O-])[O-])c1)c1cccc(-c2ccc3ccc4ccc(-c5cccc(C(=O)Nc6cccc(B([O-])[O-])c6)c5)nc4c3n2)c1.[Cu+]. The largest absolute Gasteiger partial charge is 1.00 e. The number of hydrogen-bond acceptors (Lipinski definition) is 16. The van der Waals surface area contributed by atoms with Crippen LogP contribution in [0.3, 0.4) is 0 Å². The Balaban J connectivity index is 0.000000197. The van der Waals surface area contributed by atoms with Crippen LogP contribution < -0.4 is 83.3 Å². The molecule has 0 unspecified atom stereocenters. The van der Waals surface area contributed by atoms with Crippen molar-refractivity contribution in [3.63, 3.8) is 0 Å². The van der Waals surface area contributed by atoms with Crippen molar-refractivity contribution in [2.45, 2.75) is 0 Å². The van der Waals surface area contributed by atoms with Crippen LogP contribution in [0.5, 0.6) is 0 Å². The molecule has 0 saturated carbocycles.